The molecule has 3 heterocycles. The average molecular weight is 650 g/mol. The lowest BCUT2D eigenvalue weighted by atomic mass is 10.1. The second kappa shape index (κ2) is 15.1. The molecule has 0 spiro atoms. The molecule has 0 radical (unpaired) electrons. The first-order chi connectivity index (χ1) is 22.7. The molecule has 4 aromatic rings. The second-order valence-electron chi connectivity index (χ2n) is 11.2. The molecule has 1 aliphatic rings. The van der Waals surface area contributed by atoms with Gasteiger partial charge in [0.1, 0.15) is 5.69 Å². The Morgan fingerprint density at radius 3 is 2.62 bits per heavy atom. The van der Waals surface area contributed by atoms with E-state index in [1.807, 2.05) is 13.0 Å². The van der Waals surface area contributed by atoms with Crippen LogP contribution < -0.4 is 26.2 Å². The molecule has 0 aliphatic carbocycles. The monoisotopic (exact) mass is 649 g/mol. The van der Waals surface area contributed by atoms with Crippen molar-refractivity contribution in [2.75, 3.05) is 41.3 Å². The Kier molecular flexibility index (Phi) is 10.7. The molecule has 4 N–H and O–H groups in total. The number of halogens is 3. The van der Waals surface area contributed by atoms with Crippen molar-refractivity contribution in [2.24, 2.45) is 5.73 Å². The number of amides is 3. The number of nitrogens with one attached hydrogen (secondary N) is 2. The fourth-order valence-corrected chi connectivity index (χ4v) is 5.38. The highest BCUT2D eigenvalue weighted by molar-refractivity contribution is 6.03. The van der Waals surface area contributed by atoms with Crippen LogP contribution >= 0.6 is 0 Å². The summed E-state index contributed by atoms with van der Waals surface area (Å²) in [5.74, 6) is 0.310. The zero-order chi connectivity index (χ0) is 33.4. The zero-order valence-electron chi connectivity index (χ0n) is 26.1. The number of alkyl halides is 3. The van der Waals surface area contributed by atoms with Gasteiger partial charge in [-0.25, -0.2) is 14.5 Å². The highest BCUT2D eigenvalue weighted by Crippen LogP contribution is 2.36. The molecule has 0 bridgehead atoms. The number of anilines is 3. The van der Waals surface area contributed by atoms with Crippen LogP contribution in [0.3, 0.4) is 0 Å². The van der Waals surface area contributed by atoms with Crippen LogP contribution in [-0.4, -0.2) is 58.1 Å². The van der Waals surface area contributed by atoms with E-state index in [9.17, 15) is 22.8 Å². The highest BCUT2D eigenvalue weighted by Gasteiger charge is 2.31. The third-order valence-corrected chi connectivity index (χ3v) is 7.85. The molecule has 0 fully saturated rings. The Morgan fingerprint density at radius 2 is 1.83 bits per heavy atom. The largest absolute Gasteiger partial charge is 0.416 e. The van der Waals surface area contributed by atoms with Crippen molar-refractivity contribution in [1.82, 2.24) is 25.3 Å². The van der Waals surface area contributed by atoms with E-state index in [0.717, 1.165) is 37.1 Å². The summed E-state index contributed by atoms with van der Waals surface area (Å²) >= 11 is 0. The maximum atomic E-state index is 13.8. The first-order valence-electron chi connectivity index (χ1n) is 15.7. The van der Waals surface area contributed by atoms with E-state index in [2.05, 4.69) is 25.8 Å². The number of hydrogen-bond donors (Lipinski definition) is 3. The van der Waals surface area contributed by atoms with Gasteiger partial charge in [0.15, 0.2) is 5.82 Å². The molecule has 47 heavy (non-hydrogen) atoms. The molecule has 2 aromatic carbocycles. The van der Waals surface area contributed by atoms with Crippen LogP contribution in [0, 0.1) is 0 Å². The summed E-state index contributed by atoms with van der Waals surface area (Å²) in [5, 5.41) is 14.1. The minimum Gasteiger partial charge on any atom is -0.369 e. The van der Waals surface area contributed by atoms with E-state index in [4.69, 9.17) is 10.7 Å². The van der Waals surface area contributed by atoms with Gasteiger partial charge in [-0.05, 0) is 75.2 Å². The molecule has 2 aromatic heterocycles. The molecule has 11 nitrogen and oxygen atoms in total. The quantitative estimate of drug-likeness (QED) is 0.176. The summed E-state index contributed by atoms with van der Waals surface area (Å²) in [6, 6.07) is 15.1. The molecular weight excluding hydrogens is 611 g/mol. The molecule has 14 heteroatoms. The number of rotatable bonds is 11. The summed E-state index contributed by atoms with van der Waals surface area (Å²) in [6.45, 7) is 4.58. The number of pyridine rings is 1. The lowest BCUT2D eigenvalue weighted by Crippen LogP contribution is -2.36. The molecule has 0 saturated heterocycles. The lowest BCUT2D eigenvalue weighted by molar-refractivity contribution is -0.137. The van der Waals surface area contributed by atoms with Crippen molar-refractivity contribution in [3.63, 3.8) is 0 Å². The molecular formula is C33H38F3N9O2. The van der Waals surface area contributed by atoms with Crippen LogP contribution in [0.5, 0.6) is 0 Å². The number of nitrogens with zero attached hydrogens (tertiary/aromatic N) is 6. The van der Waals surface area contributed by atoms with Crippen molar-refractivity contribution >= 4 is 29.1 Å². The smallest absolute Gasteiger partial charge is 0.369 e. The first kappa shape index (κ1) is 33.4. The predicted molar refractivity (Wildman–Crippen MR) is 174 cm³/mol. The third-order valence-electron chi connectivity index (χ3n) is 7.85. The van der Waals surface area contributed by atoms with E-state index < -0.39 is 17.8 Å². The zero-order valence-corrected chi connectivity index (χ0v) is 26.1. The van der Waals surface area contributed by atoms with E-state index >= 15 is 0 Å². The molecule has 5 rings (SSSR count). The van der Waals surface area contributed by atoms with Crippen LogP contribution in [0.25, 0.3) is 16.9 Å². The fraction of sp³-hybridized carbons (Fsp3) is 0.364. The van der Waals surface area contributed by atoms with E-state index in [-0.39, 0.29) is 12.5 Å². The van der Waals surface area contributed by atoms with E-state index in [0.29, 0.717) is 73.2 Å². The topological polar surface area (TPSA) is 134 Å². The van der Waals surface area contributed by atoms with Gasteiger partial charge >= 0.3 is 12.2 Å². The van der Waals surface area contributed by atoms with Gasteiger partial charge in [-0.15, -0.1) is 5.10 Å². The standard InChI is InChI=1S/C33H38F3N9O2/c1-2-43-17-8-18-44(31-29(43)15-14-28(40-31)23-9-6-10-24(19-23)33(34,35)36)32(47)39-25-11-7-12-27(20-25)45-22-26(41-42-45)21-38-30(46)13-4-3-5-16-37/h6-7,9-12,14-15,19-20,22H,2-5,8,13,16-18,21,37H2,1H3,(H,38,46)(H,39,47). The van der Waals surface area contributed by atoms with Crippen molar-refractivity contribution in [1.29, 1.82) is 0 Å². The number of benzene rings is 2. The van der Waals surface area contributed by atoms with Crippen molar-refractivity contribution in [3.05, 3.63) is 78.1 Å². The summed E-state index contributed by atoms with van der Waals surface area (Å²) in [4.78, 5) is 34.2. The maximum Gasteiger partial charge on any atom is 0.416 e. The van der Waals surface area contributed by atoms with Gasteiger partial charge in [-0.3, -0.25) is 9.69 Å². The Morgan fingerprint density at radius 1 is 1.00 bits per heavy atom. The molecule has 0 saturated carbocycles. The number of hydrogen-bond acceptors (Lipinski definition) is 7. The van der Waals surface area contributed by atoms with Gasteiger partial charge in [-0.2, -0.15) is 13.2 Å². The van der Waals surface area contributed by atoms with Crippen LogP contribution in [0.4, 0.5) is 35.2 Å². The Hall–Kier alpha value is -4.98. The van der Waals surface area contributed by atoms with Crippen molar-refractivity contribution < 1.29 is 22.8 Å². The van der Waals surface area contributed by atoms with Gasteiger partial charge in [0.05, 0.1) is 35.4 Å². The Balaban J connectivity index is 1.32. The van der Waals surface area contributed by atoms with Crippen molar-refractivity contribution in [2.45, 2.75) is 51.7 Å². The minimum absolute atomic E-state index is 0.0603. The maximum absolute atomic E-state index is 13.8. The molecule has 1 aliphatic heterocycles. The lowest BCUT2D eigenvalue weighted by Gasteiger charge is -2.25. The molecule has 3 amide bonds. The summed E-state index contributed by atoms with van der Waals surface area (Å²) in [5.41, 5.74) is 7.82. The number of carbonyl (C=O) groups is 2. The van der Waals surface area contributed by atoms with Crippen LogP contribution in [0.15, 0.2) is 66.9 Å². The van der Waals surface area contributed by atoms with Crippen LogP contribution in [0.1, 0.15) is 50.3 Å². The van der Waals surface area contributed by atoms with E-state index in [1.54, 1.807) is 47.3 Å². The Bertz CT molecular complexity index is 1690. The molecule has 0 atom stereocenters. The first-order valence-corrected chi connectivity index (χ1v) is 15.7. The highest BCUT2D eigenvalue weighted by atomic mass is 19.4. The molecule has 248 valence electrons. The normalized spacial score (nSPS) is 13.2. The van der Waals surface area contributed by atoms with Crippen molar-refractivity contribution in [3.8, 4) is 16.9 Å². The second-order valence-corrected chi connectivity index (χ2v) is 11.2. The number of unbranched alkanes of at least 4 members (excludes halogenated alkanes) is 2. The predicted octanol–water partition coefficient (Wildman–Crippen LogP) is 5.75. The van der Waals surface area contributed by atoms with Gasteiger partial charge in [-0.1, -0.05) is 29.8 Å². The summed E-state index contributed by atoms with van der Waals surface area (Å²) in [7, 11) is 0. The van der Waals surface area contributed by atoms with Gasteiger partial charge < -0.3 is 21.3 Å². The number of fused-ring (bicyclic) bond motifs is 1. The van der Waals surface area contributed by atoms with Gasteiger partial charge in [0.2, 0.25) is 5.91 Å². The number of carbonyl (C=O) groups excluding carboxylic acids is 2. The molecule has 0 unspecified atom stereocenters. The fourth-order valence-electron chi connectivity index (χ4n) is 5.38. The summed E-state index contributed by atoms with van der Waals surface area (Å²) in [6.07, 6.45) is 0.894. The minimum atomic E-state index is -4.49. The van der Waals surface area contributed by atoms with E-state index in [1.165, 1.54) is 11.0 Å². The average Bonchev–Trinajstić information content (AvgIpc) is 3.47. The van der Waals surface area contributed by atoms with Crippen LogP contribution in [-0.2, 0) is 17.5 Å². The number of urea groups is 1. The van der Waals surface area contributed by atoms with Gasteiger partial charge in [0, 0.05) is 37.3 Å². The summed E-state index contributed by atoms with van der Waals surface area (Å²) < 4.78 is 41.8. The number of aromatic nitrogens is 4. The Labute approximate surface area is 270 Å². The SMILES string of the molecule is CCN1CCCN(C(=O)Nc2cccc(-n3cc(CNC(=O)CCCCCN)nn3)c2)c2nc(-c3cccc(C(F)(F)F)c3)ccc21. The van der Waals surface area contributed by atoms with Crippen LogP contribution in [0.2, 0.25) is 0 Å². The number of nitrogens with two attached hydrogens (primary N) is 1. The van der Waals surface area contributed by atoms with Gasteiger partial charge in [0.25, 0.3) is 0 Å². The third kappa shape index (κ3) is 8.44.